The van der Waals surface area contributed by atoms with Gasteiger partial charge in [0, 0.05) is 35.7 Å². The summed E-state index contributed by atoms with van der Waals surface area (Å²) >= 11 is 0. The average Bonchev–Trinajstić information content (AvgIpc) is 3.04. The third-order valence-electron chi connectivity index (χ3n) is 3.46. The van der Waals surface area contributed by atoms with Crippen molar-refractivity contribution in [2.45, 2.75) is 6.42 Å². The molecule has 19 heavy (non-hydrogen) atoms. The minimum Gasteiger partial charge on any atom is -0.399 e. The number of nitrogens with two attached hydrogens (primary N) is 1. The van der Waals surface area contributed by atoms with Crippen LogP contribution in [0.15, 0.2) is 24.3 Å². The van der Waals surface area contributed by atoms with E-state index in [1.165, 1.54) is 0 Å². The molecule has 100 valence electrons. The summed E-state index contributed by atoms with van der Waals surface area (Å²) in [6.45, 7) is 2.20. The number of carbonyl (C=O) groups excluding carboxylic acids is 1. The van der Waals surface area contributed by atoms with Crippen molar-refractivity contribution in [3.63, 3.8) is 0 Å². The Labute approximate surface area is 111 Å². The molecule has 4 N–H and O–H groups in total. The zero-order chi connectivity index (χ0) is 13.2. The number of hydrogen-bond acceptors (Lipinski definition) is 3. The summed E-state index contributed by atoms with van der Waals surface area (Å²) in [6, 6.07) is 7.38. The fraction of sp³-hybridized carbons (Fsp3) is 0.357. The van der Waals surface area contributed by atoms with Crippen LogP contribution in [0.1, 0.15) is 16.9 Å². The molecule has 5 heteroatoms. The zero-order valence-corrected chi connectivity index (χ0v) is 10.6. The molecule has 0 spiro atoms. The highest BCUT2D eigenvalue weighted by molar-refractivity contribution is 5.98. The molecule has 0 radical (unpaired) electrons. The summed E-state index contributed by atoms with van der Waals surface area (Å²) < 4.78 is 5.28. The van der Waals surface area contributed by atoms with Gasteiger partial charge < -0.3 is 20.8 Å². The molecule has 0 aliphatic carbocycles. The van der Waals surface area contributed by atoms with Crippen molar-refractivity contribution in [1.82, 2.24) is 10.3 Å². The first-order valence-electron chi connectivity index (χ1n) is 6.46. The highest BCUT2D eigenvalue weighted by atomic mass is 16.5. The number of H-pyrrole nitrogens is 1. The number of anilines is 1. The topological polar surface area (TPSA) is 80.1 Å². The van der Waals surface area contributed by atoms with E-state index in [-0.39, 0.29) is 5.91 Å². The number of carbonyl (C=O) groups is 1. The fourth-order valence-electron chi connectivity index (χ4n) is 2.35. The van der Waals surface area contributed by atoms with Crippen molar-refractivity contribution < 1.29 is 9.53 Å². The van der Waals surface area contributed by atoms with E-state index >= 15 is 0 Å². The minimum absolute atomic E-state index is 0.0818. The molecule has 3 rings (SSSR count). The van der Waals surface area contributed by atoms with Gasteiger partial charge in [0.2, 0.25) is 0 Å². The molecule has 0 saturated carbocycles. The van der Waals surface area contributed by atoms with Gasteiger partial charge in [-0.25, -0.2) is 0 Å². The van der Waals surface area contributed by atoms with Gasteiger partial charge in [0.15, 0.2) is 0 Å². The predicted octanol–water partition coefficient (Wildman–Crippen LogP) is 1.52. The first-order valence-corrected chi connectivity index (χ1v) is 6.46. The van der Waals surface area contributed by atoms with Gasteiger partial charge in [-0.3, -0.25) is 4.79 Å². The van der Waals surface area contributed by atoms with Gasteiger partial charge in [-0.1, -0.05) is 0 Å². The van der Waals surface area contributed by atoms with Crippen LogP contribution in [-0.2, 0) is 4.74 Å². The Balaban J connectivity index is 1.70. The van der Waals surface area contributed by atoms with E-state index < -0.39 is 0 Å². The number of aromatic nitrogens is 1. The second-order valence-electron chi connectivity index (χ2n) is 4.97. The van der Waals surface area contributed by atoms with Crippen molar-refractivity contribution in [3.8, 4) is 0 Å². The molecular formula is C14H17N3O2. The number of benzene rings is 1. The standard InChI is InChI=1S/C14H17N3O2/c15-11-1-2-12-10(5-11)6-13(17-12)14(18)16-7-9-3-4-19-8-9/h1-2,5-6,9,17H,3-4,7-8,15H2,(H,16,18). The Morgan fingerprint density at radius 1 is 1.47 bits per heavy atom. The number of aromatic amines is 1. The Morgan fingerprint density at radius 3 is 3.16 bits per heavy atom. The maximum atomic E-state index is 12.0. The van der Waals surface area contributed by atoms with Crippen molar-refractivity contribution >= 4 is 22.5 Å². The van der Waals surface area contributed by atoms with Crippen LogP contribution < -0.4 is 11.1 Å². The highest BCUT2D eigenvalue weighted by Crippen LogP contribution is 2.18. The second kappa shape index (κ2) is 4.93. The number of hydrogen-bond donors (Lipinski definition) is 3. The lowest BCUT2D eigenvalue weighted by molar-refractivity contribution is 0.0941. The van der Waals surface area contributed by atoms with Crippen molar-refractivity contribution in [2.24, 2.45) is 5.92 Å². The quantitative estimate of drug-likeness (QED) is 0.731. The summed E-state index contributed by atoms with van der Waals surface area (Å²) in [4.78, 5) is 15.1. The van der Waals surface area contributed by atoms with E-state index in [4.69, 9.17) is 10.5 Å². The van der Waals surface area contributed by atoms with Crippen molar-refractivity contribution in [2.75, 3.05) is 25.5 Å². The first-order chi connectivity index (χ1) is 9.22. The molecule has 5 nitrogen and oxygen atoms in total. The van der Waals surface area contributed by atoms with Gasteiger partial charge in [0.25, 0.3) is 5.91 Å². The van der Waals surface area contributed by atoms with Crippen LogP contribution in [0.5, 0.6) is 0 Å². The predicted molar refractivity (Wildman–Crippen MR) is 74.0 cm³/mol. The molecule has 0 bridgehead atoms. The van der Waals surface area contributed by atoms with Crippen molar-refractivity contribution in [3.05, 3.63) is 30.0 Å². The van der Waals surface area contributed by atoms with Gasteiger partial charge in [-0.05, 0) is 30.7 Å². The third kappa shape index (κ3) is 2.56. The average molecular weight is 259 g/mol. The van der Waals surface area contributed by atoms with E-state index in [0.29, 0.717) is 23.8 Å². The van der Waals surface area contributed by atoms with E-state index in [9.17, 15) is 4.79 Å². The molecule has 1 aliphatic heterocycles. The summed E-state index contributed by atoms with van der Waals surface area (Å²) in [6.07, 6.45) is 1.02. The second-order valence-corrected chi connectivity index (χ2v) is 4.97. The SMILES string of the molecule is Nc1ccc2[nH]c(C(=O)NCC3CCOC3)cc2c1. The number of nitrogens with one attached hydrogen (secondary N) is 2. The fourth-order valence-corrected chi connectivity index (χ4v) is 2.35. The van der Waals surface area contributed by atoms with E-state index in [1.54, 1.807) is 0 Å². The van der Waals surface area contributed by atoms with Gasteiger partial charge in [-0.15, -0.1) is 0 Å². The monoisotopic (exact) mass is 259 g/mol. The third-order valence-corrected chi connectivity index (χ3v) is 3.46. The molecule has 1 amide bonds. The van der Waals surface area contributed by atoms with Crippen LogP contribution in [0.3, 0.4) is 0 Å². The summed E-state index contributed by atoms with van der Waals surface area (Å²) in [7, 11) is 0. The van der Waals surface area contributed by atoms with E-state index in [0.717, 1.165) is 30.5 Å². The summed E-state index contributed by atoms with van der Waals surface area (Å²) in [5.74, 6) is 0.352. The number of amides is 1. The summed E-state index contributed by atoms with van der Waals surface area (Å²) in [5, 5.41) is 3.89. The van der Waals surface area contributed by atoms with Crippen LogP contribution in [0.25, 0.3) is 10.9 Å². The van der Waals surface area contributed by atoms with Gasteiger partial charge in [-0.2, -0.15) is 0 Å². The van der Waals surface area contributed by atoms with Gasteiger partial charge in [0.1, 0.15) is 5.69 Å². The van der Waals surface area contributed by atoms with E-state index in [2.05, 4.69) is 10.3 Å². The molecule has 1 saturated heterocycles. The maximum Gasteiger partial charge on any atom is 0.267 e. The van der Waals surface area contributed by atoms with Crippen LogP contribution in [-0.4, -0.2) is 30.6 Å². The molecule has 1 aromatic carbocycles. The first kappa shape index (κ1) is 12.0. The lowest BCUT2D eigenvalue weighted by Gasteiger charge is -2.08. The summed E-state index contributed by atoms with van der Waals surface area (Å²) in [5.41, 5.74) is 7.91. The lowest BCUT2D eigenvalue weighted by atomic mass is 10.1. The molecule has 2 heterocycles. The van der Waals surface area contributed by atoms with Crippen LogP contribution in [0.2, 0.25) is 0 Å². The minimum atomic E-state index is -0.0818. The van der Waals surface area contributed by atoms with Gasteiger partial charge in [0.05, 0.1) is 6.61 Å². The molecular weight excluding hydrogens is 242 g/mol. The number of fused-ring (bicyclic) bond motifs is 1. The molecule has 2 aromatic rings. The molecule has 1 aromatic heterocycles. The van der Waals surface area contributed by atoms with E-state index in [1.807, 2.05) is 24.3 Å². The molecule has 1 unspecified atom stereocenters. The van der Waals surface area contributed by atoms with Crippen LogP contribution in [0.4, 0.5) is 5.69 Å². The highest BCUT2D eigenvalue weighted by Gasteiger charge is 2.17. The maximum absolute atomic E-state index is 12.0. The van der Waals surface area contributed by atoms with Crippen LogP contribution >= 0.6 is 0 Å². The Kier molecular flexibility index (Phi) is 3.13. The molecule has 1 fully saturated rings. The molecule has 1 atom stereocenters. The smallest absolute Gasteiger partial charge is 0.267 e. The van der Waals surface area contributed by atoms with Crippen molar-refractivity contribution in [1.29, 1.82) is 0 Å². The Morgan fingerprint density at radius 2 is 2.37 bits per heavy atom. The zero-order valence-electron chi connectivity index (χ0n) is 10.6. The van der Waals surface area contributed by atoms with Gasteiger partial charge >= 0.3 is 0 Å². The normalized spacial score (nSPS) is 18.8. The largest absolute Gasteiger partial charge is 0.399 e. The Bertz CT molecular complexity index is 600. The number of nitrogen functional groups attached to an aromatic ring is 1. The Hall–Kier alpha value is -2.01. The lowest BCUT2D eigenvalue weighted by Crippen LogP contribution is -2.29. The molecule has 1 aliphatic rings. The number of rotatable bonds is 3. The number of ether oxygens (including phenoxy) is 1. The van der Waals surface area contributed by atoms with Crippen LogP contribution in [0, 0.1) is 5.92 Å².